The van der Waals surface area contributed by atoms with Crippen LogP contribution in [0.2, 0.25) is 0 Å². The van der Waals surface area contributed by atoms with Gasteiger partial charge in [-0.3, -0.25) is 14.6 Å². The molecule has 118 valence electrons. The van der Waals surface area contributed by atoms with Gasteiger partial charge in [0.25, 0.3) is 5.91 Å². The van der Waals surface area contributed by atoms with E-state index in [-0.39, 0.29) is 11.6 Å². The summed E-state index contributed by atoms with van der Waals surface area (Å²) in [4.78, 5) is 31.5. The van der Waals surface area contributed by atoms with Crippen LogP contribution in [0.5, 0.6) is 0 Å². The van der Waals surface area contributed by atoms with E-state index in [9.17, 15) is 9.59 Å². The molecule has 2 heterocycles. The maximum absolute atomic E-state index is 12.4. The predicted octanol–water partition coefficient (Wildman–Crippen LogP) is 1.02. The van der Waals surface area contributed by atoms with Crippen LogP contribution in [0.25, 0.3) is 0 Å². The average Bonchev–Trinajstić information content (AvgIpc) is 3.02. The molecule has 3 rings (SSSR count). The third kappa shape index (κ3) is 3.21. The summed E-state index contributed by atoms with van der Waals surface area (Å²) in [6.07, 6.45) is 6.65. The molecule has 0 aromatic carbocycles. The Morgan fingerprint density at radius 2 is 2.09 bits per heavy atom. The van der Waals surface area contributed by atoms with Crippen LogP contribution in [-0.4, -0.2) is 47.9 Å². The molecule has 0 radical (unpaired) electrons. The summed E-state index contributed by atoms with van der Waals surface area (Å²) >= 11 is 0. The molecule has 6 heteroatoms. The van der Waals surface area contributed by atoms with Crippen molar-refractivity contribution in [2.24, 2.45) is 11.7 Å². The molecule has 1 aromatic heterocycles. The number of hydrogen-bond donors (Lipinski definition) is 1. The van der Waals surface area contributed by atoms with E-state index < -0.39 is 5.91 Å². The van der Waals surface area contributed by atoms with Crippen LogP contribution in [0, 0.1) is 5.92 Å². The Balaban J connectivity index is 1.63. The summed E-state index contributed by atoms with van der Waals surface area (Å²) < 4.78 is 0. The fraction of sp³-hybridized carbons (Fsp3) is 0.562. The first-order valence-corrected chi connectivity index (χ1v) is 7.92. The molecule has 2 aliphatic rings. The Kier molecular flexibility index (Phi) is 4.27. The van der Waals surface area contributed by atoms with Crippen molar-refractivity contribution in [3.05, 3.63) is 24.0 Å². The zero-order chi connectivity index (χ0) is 15.5. The smallest absolute Gasteiger partial charge is 0.267 e. The van der Waals surface area contributed by atoms with E-state index in [1.54, 1.807) is 12.3 Å². The Bertz CT molecular complexity index is 569. The number of aromatic nitrogens is 1. The Labute approximate surface area is 130 Å². The monoisotopic (exact) mass is 302 g/mol. The number of nitrogens with two attached hydrogens (primary N) is 1. The highest BCUT2D eigenvalue weighted by Crippen LogP contribution is 2.26. The fourth-order valence-electron chi connectivity index (χ4n) is 3.38. The molecule has 2 fully saturated rings. The van der Waals surface area contributed by atoms with Crippen LogP contribution < -0.4 is 10.6 Å². The number of carbonyl (C=O) groups is 2. The van der Waals surface area contributed by atoms with E-state index in [4.69, 9.17) is 5.73 Å². The summed E-state index contributed by atoms with van der Waals surface area (Å²) in [5.74, 6) is 0.293. The van der Waals surface area contributed by atoms with Gasteiger partial charge in [0.2, 0.25) is 5.91 Å². The summed E-state index contributed by atoms with van der Waals surface area (Å²) in [6, 6.07) is 3.47. The van der Waals surface area contributed by atoms with Crippen LogP contribution in [0.1, 0.15) is 36.2 Å². The molecule has 1 aliphatic heterocycles. The van der Waals surface area contributed by atoms with Gasteiger partial charge in [0.15, 0.2) is 0 Å². The molecule has 1 aliphatic carbocycles. The minimum Gasteiger partial charge on any atom is -0.364 e. The first-order chi connectivity index (χ1) is 10.6. The van der Waals surface area contributed by atoms with Crippen LogP contribution >= 0.6 is 0 Å². The van der Waals surface area contributed by atoms with Crippen LogP contribution in [0.4, 0.5) is 5.69 Å². The molecule has 1 saturated carbocycles. The van der Waals surface area contributed by atoms with Crippen molar-refractivity contribution < 1.29 is 9.59 Å². The van der Waals surface area contributed by atoms with Gasteiger partial charge >= 0.3 is 0 Å². The van der Waals surface area contributed by atoms with E-state index in [1.807, 2.05) is 15.9 Å². The van der Waals surface area contributed by atoms with Crippen LogP contribution in [0.3, 0.4) is 0 Å². The molecule has 0 bridgehead atoms. The normalized spacial score (nSPS) is 19.7. The summed E-state index contributed by atoms with van der Waals surface area (Å²) in [5.41, 5.74) is 6.32. The van der Waals surface area contributed by atoms with Gasteiger partial charge in [-0.05, 0) is 30.9 Å². The third-order valence-corrected chi connectivity index (χ3v) is 4.63. The highest BCUT2D eigenvalue weighted by atomic mass is 16.2. The number of carbonyl (C=O) groups excluding carboxylic acids is 2. The third-order valence-electron chi connectivity index (χ3n) is 4.63. The summed E-state index contributed by atoms with van der Waals surface area (Å²) in [5, 5.41) is 0. The predicted molar refractivity (Wildman–Crippen MR) is 83.5 cm³/mol. The molecule has 22 heavy (non-hydrogen) atoms. The molecule has 2 N–H and O–H groups in total. The first-order valence-electron chi connectivity index (χ1n) is 7.92. The van der Waals surface area contributed by atoms with Crippen molar-refractivity contribution in [1.29, 1.82) is 0 Å². The summed E-state index contributed by atoms with van der Waals surface area (Å²) in [7, 11) is 0. The standard InChI is InChI=1S/C16H22N4O2/c17-16(22)14-9-13(5-6-18-14)19-7-8-20(15(21)11-19)10-12-3-1-2-4-12/h5-6,9,12H,1-4,7-8,10-11H2,(H2,17,22). The molecule has 1 saturated heterocycles. The molecule has 6 nitrogen and oxygen atoms in total. The lowest BCUT2D eigenvalue weighted by Gasteiger charge is -2.36. The quantitative estimate of drug-likeness (QED) is 0.900. The highest BCUT2D eigenvalue weighted by molar-refractivity contribution is 5.92. The lowest BCUT2D eigenvalue weighted by Crippen LogP contribution is -2.51. The molecule has 2 amide bonds. The van der Waals surface area contributed by atoms with E-state index in [1.165, 1.54) is 25.7 Å². The summed E-state index contributed by atoms with van der Waals surface area (Å²) in [6.45, 7) is 2.77. The second kappa shape index (κ2) is 6.34. The number of pyridine rings is 1. The molecule has 0 atom stereocenters. The molecular weight excluding hydrogens is 280 g/mol. The van der Waals surface area contributed by atoms with Gasteiger partial charge in [-0.1, -0.05) is 12.8 Å². The Morgan fingerprint density at radius 1 is 1.32 bits per heavy atom. The van der Waals surface area contributed by atoms with Crippen LogP contribution in [0.15, 0.2) is 18.3 Å². The van der Waals surface area contributed by atoms with Crippen molar-refractivity contribution in [3.8, 4) is 0 Å². The number of anilines is 1. The zero-order valence-electron chi connectivity index (χ0n) is 12.7. The van der Waals surface area contributed by atoms with Crippen molar-refractivity contribution in [3.63, 3.8) is 0 Å². The number of rotatable bonds is 4. The first kappa shape index (κ1) is 14.8. The zero-order valence-corrected chi connectivity index (χ0v) is 12.7. The Hall–Kier alpha value is -2.11. The van der Waals surface area contributed by atoms with Gasteiger partial charge in [-0.25, -0.2) is 0 Å². The molecule has 1 aromatic rings. The van der Waals surface area contributed by atoms with Crippen molar-refractivity contribution in [2.75, 3.05) is 31.1 Å². The molecule has 0 unspecified atom stereocenters. The topological polar surface area (TPSA) is 79.5 Å². The van der Waals surface area contributed by atoms with Gasteiger partial charge in [0.05, 0.1) is 6.54 Å². The fourth-order valence-corrected chi connectivity index (χ4v) is 3.38. The van der Waals surface area contributed by atoms with E-state index >= 15 is 0 Å². The van der Waals surface area contributed by atoms with Gasteiger partial charge in [-0.15, -0.1) is 0 Å². The number of amides is 2. The van der Waals surface area contributed by atoms with Gasteiger partial charge < -0.3 is 15.5 Å². The SMILES string of the molecule is NC(=O)c1cc(N2CCN(CC3CCCC3)C(=O)C2)ccn1. The lowest BCUT2D eigenvalue weighted by molar-refractivity contribution is -0.131. The molecular formula is C16H22N4O2. The minimum absolute atomic E-state index is 0.163. The van der Waals surface area contributed by atoms with Gasteiger partial charge in [-0.2, -0.15) is 0 Å². The second-order valence-corrected chi connectivity index (χ2v) is 6.18. The van der Waals surface area contributed by atoms with E-state index in [0.717, 1.165) is 25.3 Å². The number of hydrogen-bond acceptors (Lipinski definition) is 4. The minimum atomic E-state index is -0.548. The number of nitrogens with zero attached hydrogens (tertiary/aromatic N) is 3. The van der Waals surface area contributed by atoms with Crippen molar-refractivity contribution in [1.82, 2.24) is 9.88 Å². The Morgan fingerprint density at radius 3 is 2.77 bits per heavy atom. The second-order valence-electron chi connectivity index (χ2n) is 6.18. The maximum atomic E-state index is 12.4. The molecule has 0 spiro atoms. The van der Waals surface area contributed by atoms with Crippen LogP contribution in [-0.2, 0) is 4.79 Å². The van der Waals surface area contributed by atoms with Crippen molar-refractivity contribution in [2.45, 2.75) is 25.7 Å². The maximum Gasteiger partial charge on any atom is 0.267 e. The van der Waals surface area contributed by atoms with Gasteiger partial charge in [0.1, 0.15) is 5.69 Å². The number of primary amides is 1. The van der Waals surface area contributed by atoms with Crippen molar-refractivity contribution >= 4 is 17.5 Å². The van der Waals surface area contributed by atoms with Gasteiger partial charge in [0, 0.05) is 31.5 Å². The largest absolute Gasteiger partial charge is 0.364 e. The number of piperazine rings is 1. The lowest BCUT2D eigenvalue weighted by atomic mass is 10.1. The average molecular weight is 302 g/mol. The van der Waals surface area contributed by atoms with E-state index in [0.29, 0.717) is 12.5 Å². The highest BCUT2D eigenvalue weighted by Gasteiger charge is 2.27. The van der Waals surface area contributed by atoms with E-state index in [2.05, 4.69) is 4.98 Å².